The summed E-state index contributed by atoms with van der Waals surface area (Å²) in [7, 11) is 2.20. The van der Waals surface area contributed by atoms with E-state index in [2.05, 4.69) is 29.5 Å². The van der Waals surface area contributed by atoms with E-state index in [0.717, 1.165) is 57.7 Å². The van der Waals surface area contributed by atoms with Crippen molar-refractivity contribution >= 4 is 5.91 Å². The predicted octanol–water partition coefficient (Wildman–Crippen LogP) is 2.00. The third-order valence-electron chi connectivity index (χ3n) is 5.36. The van der Waals surface area contributed by atoms with Crippen LogP contribution < -0.4 is 10.6 Å². The minimum atomic E-state index is -0.139. The molecule has 2 aliphatic heterocycles. The van der Waals surface area contributed by atoms with Gasteiger partial charge in [0.1, 0.15) is 0 Å². The molecule has 0 aromatic heterocycles. The molecular weight excluding hydrogens is 262 g/mol. The molecule has 0 aliphatic carbocycles. The second-order valence-electron chi connectivity index (χ2n) is 7.10. The number of carbonyl (C=O) groups excluding carboxylic acids is 1. The molecule has 122 valence electrons. The van der Waals surface area contributed by atoms with Gasteiger partial charge in [0.15, 0.2) is 0 Å². The highest BCUT2D eigenvalue weighted by atomic mass is 16.2. The van der Waals surface area contributed by atoms with Gasteiger partial charge >= 0.3 is 0 Å². The first-order valence-corrected chi connectivity index (χ1v) is 8.84. The van der Waals surface area contributed by atoms with Crippen molar-refractivity contribution in [2.45, 2.75) is 51.9 Å². The van der Waals surface area contributed by atoms with Crippen LogP contribution in [0.1, 0.15) is 51.9 Å². The van der Waals surface area contributed by atoms with Crippen LogP contribution in [0.4, 0.5) is 0 Å². The Labute approximate surface area is 130 Å². The van der Waals surface area contributed by atoms with Gasteiger partial charge in [0.05, 0.1) is 5.41 Å². The number of hydrogen-bond acceptors (Lipinski definition) is 3. The molecule has 0 aromatic rings. The summed E-state index contributed by atoms with van der Waals surface area (Å²) >= 11 is 0. The number of hydrogen-bond donors (Lipinski definition) is 2. The Morgan fingerprint density at radius 2 is 2.14 bits per heavy atom. The Morgan fingerprint density at radius 3 is 2.76 bits per heavy atom. The van der Waals surface area contributed by atoms with E-state index in [1.165, 1.54) is 25.9 Å². The summed E-state index contributed by atoms with van der Waals surface area (Å²) in [5, 5.41) is 6.66. The fourth-order valence-corrected chi connectivity index (χ4v) is 3.90. The predicted molar refractivity (Wildman–Crippen MR) is 87.3 cm³/mol. The van der Waals surface area contributed by atoms with Gasteiger partial charge in [-0.25, -0.2) is 0 Å². The lowest BCUT2D eigenvalue weighted by Gasteiger charge is -2.36. The molecular formula is C17H33N3O. The fourth-order valence-electron chi connectivity index (χ4n) is 3.90. The van der Waals surface area contributed by atoms with Crippen molar-refractivity contribution in [3.8, 4) is 0 Å². The topological polar surface area (TPSA) is 44.4 Å². The molecule has 2 fully saturated rings. The highest BCUT2D eigenvalue weighted by molar-refractivity contribution is 5.83. The van der Waals surface area contributed by atoms with Crippen LogP contribution >= 0.6 is 0 Å². The van der Waals surface area contributed by atoms with Crippen molar-refractivity contribution < 1.29 is 4.79 Å². The average molecular weight is 295 g/mol. The van der Waals surface area contributed by atoms with Gasteiger partial charge in [0, 0.05) is 13.1 Å². The quantitative estimate of drug-likeness (QED) is 0.788. The van der Waals surface area contributed by atoms with E-state index in [4.69, 9.17) is 0 Å². The number of nitrogens with one attached hydrogen (secondary N) is 2. The van der Waals surface area contributed by atoms with E-state index in [9.17, 15) is 4.79 Å². The van der Waals surface area contributed by atoms with Crippen LogP contribution in [-0.4, -0.2) is 50.6 Å². The summed E-state index contributed by atoms with van der Waals surface area (Å²) in [5.74, 6) is 1.09. The zero-order valence-corrected chi connectivity index (χ0v) is 13.9. The summed E-state index contributed by atoms with van der Waals surface area (Å²) in [6.07, 6.45) is 8.00. The molecule has 2 saturated heterocycles. The smallest absolute Gasteiger partial charge is 0.227 e. The average Bonchev–Trinajstić information content (AvgIpc) is 2.50. The molecule has 0 radical (unpaired) electrons. The second-order valence-corrected chi connectivity index (χ2v) is 7.10. The Kier molecular flexibility index (Phi) is 6.49. The minimum Gasteiger partial charge on any atom is -0.356 e. The molecule has 21 heavy (non-hydrogen) atoms. The van der Waals surface area contributed by atoms with Gasteiger partial charge in [-0.3, -0.25) is 4.79 Å². The lowest BCUT2D eigenvalue weighted by Crippen LogP contribution is -2.50. The normalized spacial score (nSPS) is 28.5. The third-order valence-corrected chi connectivity index (χ3v) is 5.36. The summed E-state index contributed by atoms with van der Waals surface area (Å²) in [5.41, 5.74) is -0.139. The molecule has 0 bridgehead atoms. The van der Waals surface area contributed by atoms with Gasteiger partial charge in [-0.2, -0.15) is 0 Å². The van der Waals surface area contributed by atoms with Crippen molar-refractivity contribution in [1.82, 2.24) is 15.5 Å². The summed E-state index contributed by atoms with van der Waals surface area (Å²) in [6, 6.07) is 0. The van der Waals surface area contributed by atoms with Crippen LogP contribution in [0, 0.1) is 11.3 Å². The Bertz CT molecular complexity index is 312. The van der Waals surface area contributed by atoms with Crippen molar-refractivity contribution in [2.24, 2.45) is 11.3 Å². The van der Waals surface area contributed by atoms with Crippen molar-refractivity contribution in [3.05, 3.63) is 0 Å². The van der Waals surface area contributed by atoms with Crippen LogP contribution in [0.5, 0.6) is 0 Å². The molecule has 4 heteroatoms. The van der Waals surface area contributed by atoms with E-state index in [-0.39, 0.29) is 5.41 Å². The number of amides is 1. The number of likely N-dealkylation sites (tertiary alicyclic amines) is 1. The lowest BCUT2D eigenvalue weighted by atomic mass is 9.76. The molecule has 1 amide bonds. The number of rotatable bonds is 6. The van der Waals surface area contributed by atoms with Crippen LogP contribution in [0.2, 0.25) is 0 Å². The van der Waals surface area contributed by atoms with Gasteiger partial charge < -0.3 is 15.5 Å². The van der Waals surface area contributed by atoms with E-state index in [1.54, 1.807) is 0 Å². The Hall–Kier alpha value is -0.610. The van der Waals surface area contributed by atoms with Gasteiger partial charge in [-0.05, 0) is 71.1 Å². The number of piperidine rings is 2. The molecule has 0 aromatic carbocycles. The summed E-state index contributed by atoms with van der Waals surface area (Å²) < 4.78 is 0. The summed E-state index contributed by atoms with van der Waals surface area (Å²) in [4.78, 5) is 15.0. The van der Waals surface area contributed by atoms with Crippen LogP contribution in [0.3, 0.4) is 0 Å². The van der Waals surface area contributed by atoms with Crippen molar-refractivity contribution in [3.63, 3.8) is 0 Å². The molecule has 2 heterocycles. The first-order chi connectivity index (χ1) is 10.2. The number of nitrogens with zero attached hydrogens (tertiary/aromatic N) is 1. The first kappa shape index (κ1) is 16.8. The fraction of sp³-hybridized carbons (Fsp3) is 0.941. The Balaban J connectivity index is 1.74. The SMILES string of the molecule is CCCC1(C(=O)NCCC2CCN(C)CC2)CCCNC1. The van der Waals surface area contributed by atoms with Gasteiger partial charge in [0.2, 0.25) is 5.91 Å². The number of carbonyl (C=O) groups is 1. The zero-order valence-electron chi connectivity index (χ0n) is 13.9. The highest BCUT2D eigenvalue weighted by Crippen LogP contribution is 2.32. The van der Waals surface area contributed by atoms with E-state index in [1.807, 2.05) is 0 Å². The van der Waals surface area contributed by atoms with E-state index < -0.39 is 0 Å². The van der Waals surface area contributed by atoms with Crippen molar-refractivity contribution in [1.29, 1.82) is 0 Å². The molecule has 2 N–H and O–H groups in total. The van der Waals surface area contributed by atoms with E-state index in [0.29, 0.717) is 5.91 Å². The maximum absolute atomic E-state index is 12.6. The largest absolute Gasteiger partial charge is 0.356 e. The highest BCUT2D eigenvalue weighted by Gasteiger charge is 2.38. The van der Waals surface area contributed by atoms with E-state index >= 15 is 0 Å². The van der Waals surface area contributed by atoms with Gasteiger partial charge in [-0.1, -0.05) is 13.3 Å². The van der Waals surface area contributed by atoms with Crippen LogP contribution in [0.25, 0.3) is 0 Å². The molecule has 1 unspecified atom stereocenters. The first-order valence-electron chi connectivity index (χ1n) is 8.84. The zero-order chi connectivity index (χ0) is 15.1. The van der Waals surface area contributed by atoms with Gasteiger partial charge in [0.25, 0.3) is 0 Å². The minimum absolute atomic E-state index is 0.139. The summed E-state index contributed by atoms with van der Waals surface area (Å²) in [6.45, 7) is 7.39. The Morgan fingerprint density at radius 1 is 1.38 bits per heavy atom. The second kappa shape index (κ2) is 8.14. The lowest BCUT2D eigenvalue weighted by molar-refractivity contribution is -0.132. The maximum atomic E-state index is 12.6. The maximum Gasteiger partial charge on any atom is 0.227 e. The molecule has 2 rings (SSSR count). The standard InChI is InChI=1S/C17H33N3O/c1-3-8-17(9-4-10-18-14-17)16(21)19-11-5-15-6-12-20(2)13-7-15/h15,18H,3-14H2,1-2H3,(H,19,21). The molecule has 1 atom stereocenters. The van der Waals surface area contributed by atoms with Crippen LogP contribution in [-0.2, 0) is 4.79 Å². The molecule has 4 nitrogen and oxygen atoms in total. The van der Waals surface area contributed by atoms with Gasteiger partial charge in [-0.15, -0.1) is 0 Å². The molecule has 0 spiro atoms. The van der Waals surface area contributed by atoms with Crippen LogP contribution in [0.15, 0.2) is 0 Å². The molecule has 2 aliphatic rings. The van der Waals surface area contributed by atoms with Crippen molar-refractivity contribution in [2.75, 3.05) is 39.8 Å². The molecule has 0 saturated carbocycles. The monoisotopic (exact) mass is 295 g/mol. The third kappa shape index (κ3) is 4.68.